The zero-order chi connectivity index (χ0) is 13.2. The summed E-state index contributed by atoms with van der Waals surface area (Å²) in [6.45, 7) is 6.27. The lowest BCUT2D eigenvalue weighted by Gasteiger charge is -2.11. The standard InChI is InChI=1S/C15H21NO2/c1-3-5-13(2)12-17-8-9-18-15-7-4-6-14(10-15)11-16/h4,6-7,10,13H,3,5,8-9,12H2,1-2H3. The van der Waals surface area contributed by atoms with Crippen LogP contribution in [0, 0.1) is 17.2 Å². The topological polar surface area (TPSA) is 42.2 Å². The van der Waals surface area contributed by atoms with Crippen molar-refractivity contribution >= 4 is 0 Å². The average Bonchev–Trinajstić information content (AvgIpc) is 2.39. The van der Waals surface area contributed by atoms with Gasteiger partial charge in [0.05, 0.1) is 18.2 Å². The third kappa shape index (κ3) is 5.70. The first-order valence-corrected chi connectivity index (χ1v) is 6.47. The second-order valence-electron chi connectivity index (χ2n) is 4.46. The molecule has 3 heteroatoms. The van der Waals surface area contributed by atoms with Gasteiger partial charge in [0.2, 0.25) is 0 Å². The smallest absolute Gasteiger partial charge is 0.120 e. The van der Waals surface area contributed by atoms with Crippen molar-refractivity contribution in [3.63, 3.8) is 0 Å². The van der Waals surface area contributed by atoms with Gasteiger partial charge in [-0.25, -0.2) is 0 Å². The summed E-state index contributed by atoms with van der Waals surface area (Å²) in [5.74, 6) is 1.33. The van der Waals surface area contributed by atoms with Crippen molar-refractivity contribution in [2.24, 2.45) is 5.92 Å². The van der Waals surface area contributed by atoms with Crippen LogP contribution in [0.1, 0.15) is 32.3 Å². The van der Waals surface area contributed by atoms with Crippen molar-refractivity contribution in [2.75, 3.05) is 19.8 Å². The fraction of sp³-hybridized carbons (Fsp3) is 0.533. The Morgan fingerprint density at radius 3 is 2.89 bits per heavy atom. The Bertz CT molecular complexity index is 384. The zero-order valence-corrected chi connectivity index (χ0v) is 11.2. The fourth-order valence-corrected chi connectivity index (χ4v) is 1.73. The molecule has 0 saturated heterocycles. The van der Waals surface area contributed by atoms with E-state index >= 15 is 0 Å². The van der Waals surface area contributed by atoms with Crippen LogP contribution in [0.15, 0.2) is 24.3 Å². The van der Waals surface area contributed by atoms with Gasteiger partial charge in [-0.3, -0.25) is 0 Å². The minimum atomic E-state index is 0.522. The Morgan fingerprint density at radius 2 is 2.17 bits per heavy atom. The molecule has 0 aliphatic rings. The second-order valence-corrected chi connectivity index (χ2v) is 4.46. The first-order valence-electron chi connectivity index (χ1n) is 6.47. The van der Waals surface area contributed by atoms with Crippen molar-refractivity contribution in [2.45, 2.75) is 26.7 Å². The van der Waals surface area contributed by atoms with Crippen LogP contribution in [0.2, 0.25) is 0 Å². The van der Waals surface area contributed by atoms with Gasteiger partial charge in [0, 0.05) is 6.61 Å². The molecule has 1 atom stereocenters. The molecule has 1 rings (SSSR count). The molecular weight excluding hydrogens is 226 g/mol. The number of hydrogen-bond acceptors (Lipinski definition) is 3. The Hall–Kier alpha value is -1.53. The van der Waals surface area contributed by atoms with Crippen LogP contribution in [0.4, 0.5) is 0 Å². The molecule has 0 amide bonds. The molecule has 1 aromatic rings. The van der Waals surface area contributed by atoms with Crippen LogP contribution in [-0.2, 0) is 4.74 Å². The molecule has 0 spiro atoms. The number of nitriles is 1. The van der Waals surface area contributed by atoms with Crippen molar-refractivity contribution in [1.82, 2.24) is 0 Å². The summed E-state index contributed by atoms with van der Waals surface area (Å²) in [5, 5.41) is 8.75. The molecule has 3 nitrogen and oxygen atoms in total. The molecule has 0 heterocycles. The van der Waals surface area contributed by atoms with Gasteiger partial charge >= 0.3 is 0 Å². The summed E-state index contributed by atoms with van der Waals surface area (Å²) < 4.78 is 11.1. The molecule has 0 bridgehead atoms. The van der Waals surface area contributed by atoms with Crippen molar-refractivity contribution < 1.29 is 9.47 Å². The largest absolute Gasteiger partial charge is 0.491 e. The molecule has 0 N–H and O–H groups in total. The Labute approximate surface area is 109 Å². The number of rotatable bonds is 8. The summed E-state index contributed by atoms with van der Waals surface area (Å²) in [6.07, 6.45) is 2.40. The fourth-order valence-electron chi connectivity index (χ4n) is 1.73. The van der Waals surface area contributed by atoms with E-state index in [1.165, 1.54) is 12.8 Å². The van der Waals surface area contributed by atoms with E-state index in [2.05, 4.69) is 19.9 Å². The highest BCUT2D eigenvalue weighted by molar-refractivity contribution is 5.36. The van der Waals surface area contributed by atoms with E-state index < -0.39 is 0 Å². The normalized spacial score (nSPS) is 11.8. The lowest BCUT2D eigenvalue weighted by Crippen LogP contribution is -2.11. The minimum absolute atomic E-state index is 0.522. The van der Waals surface area contributed by atoms with E-state index in [0.717, 1.165) is 12.4 Å². The first-order chi connectivity index (χ1) is 8.76. The summed E-state index contributed by atoms with van der Waals surface area (Å²) in [4.78, 5) is 0. The van der Waals surface area contributed by atoms with E-state index in [9.17, 15) is 0 Å². The maximum absolute atomic E-state index is 8.75. The summed E-state index contributed by atoms with van der Waals surface area (Å²) in [6, 6.07) is 9.25. The number of benzene rings is 1. The predicted octanol–water partition coefficient (Wildman–Crippen LogP) is 3.39. The summed E-state index contributed by atoms with van der Waals surface area (Å²) >= 11 is 0. The van der Waals surface area contributed by atoms with Gasteiger partial charge in [-0.05, 0) is 30.5 Å². The van der Waals surface area contributed by atoms with Crippen LogP contribution >= 0.6 is 0 Å². The Balaban J connectivity index is 2.16. The molecule has 1 unspecified atom stereocenters. The Kier molecular flexibility index (Phi) is 6.90. The molecule has 98 valence electrons. The van der Waals surface area contributed by atoms with Gasteiger partial charge in [0.15, 0.2) is 0 Å². The van der Waals surface area contributed by atoms with Gasteiger partial charge in [0.25, 0.3) is 0 Å². The van der Waals surface area contributed by atoms with Gasteiger partial charge < -0.3 is 9.47 Å². The molecule has 0 radical (unpaired) electrons. The van der Waals surface area contributed by atoms with E-state index in [4.69, 9.17) is 14.7 Å². The SMILES string of the molecule is CCCC(C)COCCOc1cccc(C#N)c1. The maximum Gasteiger partial charge on any atom is 0.120 e. The van der Waals surface area contributed by atoms with E-state index in [1.807, 2.05) is 12.1 Å². The highest BCUT2D eigenvalue weighted by Crippen LogP contribution is 2.12. The third-order valence-corrected chi connectivity index (χ3v) is 2.64. The maximum atomic E-state index is 8.75. The molecule has 0 saturated carbocycles. The highest BCUT2D eigenvalue weighted by Gasteiger charge is 2.00. The lowest BCUT2D eigenvalue weighted by molar-refractivity contribution is 0.0758. The molecule has 18 heavy (non-hydrogen) atoms. The van der Waals surface area contributed by atoms with Crippen LogP contribution in [-0.4, -0.2) is 19.8 Å². The van der Waals surface area contributed by atoms with Crippen LogP contribution in [0.25, 0.3) is 0 Å². The monoisotopic (exact) mass is 247 g/mol. The van der Waals surface area contributed by atoms with Crippen molar-refractivity contribution in [1.29, 1.82) is 5.26 Å². The number of ether oxygens (including phenoxy) is 2. The lowest BCUT2D eigenvalue weighted by atomic mass is 10.1. The highest BCUT2D eigenvalue weighted by atomic mass is 16.5. The molecule has 0 aliphatic heterocycles. The van der Waals surface area contributed by atoms with Crippen LogP contribution in [0.3, 0.4) is 0 Å². The third-order valence-electron chi connectivity index (χ3n) is 2.64. The molecule has 0 fully saturated rings. The van der Waals surface area contributed by atoms with Crippen molar-refractivity contribution in [3.8, 4) is 11.8 Å². The van der Waals surface area contributed by atoms with Crippen molar-refractivity contribution in [3.05, 3.63) is 29.8 Å². The molecule has 1 aromatic carbocycles. The molecular formula is C15H21NO2. The quantitative estimate of drug-likeness (QED) is 0.661. The Morgan fingerprint density at radius 1 is 1.33 bits per heavy atom. The minimum Gasteiger partial charge on any atom is -0.491 e. The predicted molar refractivity (Wildman–Crippen MR) is 71.5 cm³/mol. The second kappa shape index (κ2) is 8.54. The van der Waals surface area contributed by atoms with Crippen LogP contribution < -0.4 is 4.74 Å². The molecule has 0 aliphatic carbocycles. The number of hydrogen-bond donors (Lipinski definition) is 0. The first kappa shape index (κ1) is 14.5. The van der Waals surface area contributed by atoms with E-state index in [-0.39, 0.29) is 0 Å². The van der Waals surface area contributed by atoms with E-state index in [0.29, 0.717) is 24.7 Å². The van der Waals surface area contributed by atoms with E-state index in [1.54, 1.807) is 12.1 Å². The van der Waals surface area contributed by atoms with Gasteiger partial charge in [0.1, 0.15) is 12.4 Å². The summed E-state index contributed by atoms with van der Waals surface area (Å²) in [7, 11) is 0. The van der Waals surface area contributed by atoms with Gasteiger partial charge in [-0.2, -0.15) is 5.26 Å². The summed E-state index contributed by atoms with van der Waals surface area (Å²) in [5.41, 5.74) is 0.616. The zero-order valence-electron chi connectivity index (χ0n) is 11.2. The average molecular weight is 247 g/mol. The van der Waals surface area contributed by atoms with Crippen LogP contribution in [0.5, 0.6) is 5.75 Å². The van der Waals surface area contributed by atoms with Gasteiger partial charge in [-0.1, -0.05) is 26.3 Å². The molecule has 0 aromatic heterocycles. The van der Waals surface area contributed by atoms with Gasteiger partial charge in [-0.15, -0.1) is 0 Å². The number of nitrogens with zero attached hydrogens (tertiary/aromatic N) is 1.